The number of hydrogen-bond acceptors (Lipinski definition) is 1. The summed E-state index contributed by atoms with van der Waals surface area (Å²) in [7, 11) is -0.780. The Kier molecular flexibility index (Phi) is 5.87. The molecular formula is C9H22OSi. The topological polar surface area (TPSA) is 20.2 Å². The highest BCUT2D eigenvalue weighted by Gasteiger charge is 2.10. The average Bonchev–Trinajstić information content (AvgIpc) is 1.85. The number of hydrogen-bond donors (Lipinski definition) is 1. The average molecular weight is 174 g/mol. The molecule has 0 aromatic heterocycles. The highest BCUT2D eigenvalue weighted by atomic mass is 28.3. The van der Waals surface area contributed by atoms with Gasteiger partial charge in [-0.25, -0.2) is 0 Å². The molecular weight excluding hydrogens is 152 g/mol. The maximum absolute atomic E-state index is 8.53. The van der Waals surface area contributed by atoms with Crippen LogP contribution in [0.1, 0.15) is 25.7 Å². The van der Waals surface area contributed by atoms with E-state index in [1.165, 1.54) is 25.3 Å². The number of rotatable bonds is 6. The lowest BCUT2D eigenvalue weighted by molar-refractivity contribution is 0.283. The first-order valence-electron chi connectivity index (χ1n) is 4.67. The zero-order valence-electron chi connectivity index (χ0n) is 8.19. The number of unbranched alkanes of at least 4 members (excludes halogenated alkanes) is 3. The van der Waals surface area contributed by atoms with E-state index >= 15 is 0 Å². The standard InChI is InChI=1S/C9H22OSi/c1-11(2,3)9-7-5-4-6-8-10/h10H,4-9H2,1-3H3. The summed E-state index contributed by atoms with van der Waals surface area (Å²) in [5.41, 5.74) is 0. The minimum absolute atomic E-state index is 0.368. The molecule has 0 rings (SSSR count). The van der Waals surface area contributed by atoms with E-state index in [1.807, 2.05) is 0 Å². The predicted molar refractivity (Wildman–Crippen MR) is 53.7 cm³/mol. The van der Waals surface area contributed by atoms with Crippen molar-refractivity contribution in [1.82, 2.24) is 0 Å². The normalized spacial score (nSPS) is 12.0. The largest absolute Gasteiger partial charge is 0.396 e. The summed E-state index contributed by atoms with van der Waals surface area (Å²) in [5, 5.41) is 8.53. The van der Waals surface area contributed by atoms with Crippen LogP contribution in [0.3, 0.4) is 0 Å². The summed E-state index contributed by atoms with van der Waals surface area (Å²) in [6, 6.07) is 1.44. The second-order valence-electron chi connectivity index (χ2n) is 4.45. The molecule has 68 valence electrons. The van der Waals surface area contributed by atoms with Crippen LogP contribution in [0.25, 0.3) is 0 Å². The van der Waals surface area contributed by atoms with Crippen molar-refractivity contribution in [2.75, 3.05) is 6.61 Å². The maximum atomic E-state index is 8.53. The van der Waals surface area contributed by atoms with Gasteiger partial charge in [0.15, 0.2) is 0 Å². The Labute approximate surface area is 71.8 Å². The van der Waals surface area contributed by atoms with E-state index in [-0.39, 0.29) is 0 Å². The zero-order valence-corrected chi connectivity index (χ0v) is 9.19. The molecule has 0 aliphatic carbocycles. The van der Waals surface area contributed by atoms with Crippen molar-refractivity contribution in [2.45, 2.75) is 51.4 Å². The second-order valence-corrected chi connectivity index (χ2v) is 10.1. The predicted octanol–water partition coefficient (Wildman–Crippen LogP) is 2.88. The molecule has 0 fully saturated rings. The molecule has 0 aliphatic heterocycles. The fourth-order valence-corrected chi connectivity index (χ4v) is 2.43. The van der Waals surface area contributed by atoms with Crippen molar-refractivity contribution in [3.63, 3.8) is 0 Å². The summed E-state index contributed by atoms with van der Waals surface area (Å²) >= 11 is 0. The van der Waals surface area contributed by atoms with Crippen LogP contribution >= 0.6 is 0 Å². The molecule has 0 bridgehead atoms. The van der Waals surface area contributed by atoms with Crippen molar-refractivity contribution >= 4 is 8.07 Å². The smallest absolute Gasteiger partial charge is 0.0442 e. The quantitative estimate of drug-likeness (QED) is 0.485. The molecule has 0 radical (unpaired) electrons. The van der Waals surface area contributed by atoms with Gasteiger partial charge >= 0.3 is 0 Å². The van der Waals surface area contributed by atoms with Gasteiger partial charge in [-0.3, -0.25) is 0 Å². The summed E-state index contributed by atoms with van der Waals surface area (Å²) in [6.45, 7) is 7.62. The van der Waals surface area contributed by atoms with Crippen molar-refractivity contribution < 1.29 is 5.11 Å². The molecule has 11 heavy (non-hydrogen) atoms. The van der Waals surface area contributed by atoms with Crippen molar-refractivity contribution in [3.05, 3.63) is 0 Å². The zero-order chi connectivity index (χ0) is 8.74. The highest BCUT2D eigenvalue weighted by molar-refractivity contribution is 6.76. The molecule has 0 heterocycles. The van der Waals surface area contributed by atoms with Crippen LogP contribution in [-0.2, 0) is 0 Å². The molecule has 2 heteroatoms. The van der Waals surface area contributed by atoms with E-state index in [0.29, 0.717) is 6.61 Å². The lowest BCUT2D eigenvalue weighted by Gasteiger charge is -2.14. The van der Waals surface area contributed by atoms with E-state index in [1.54, 1.807) is 0 Å². The first-order valence-corrected chi connectivity index (χ1v) is 8.38. The first kappa shape index (κ1) is 11.2. The highest BCUT2D eigenvalue weighted by Crippen LogP contribution is 2.14. The van der Waals surface area contributed by atoms with Gasteiger partial charge in [-0.1, -0.05) is 44.9 Å². The van der Waals surface area contributed by atoms with Crippen LogP contribution in [-0.4, -0.2) is 19.8 Å². The lowest BCUT2D eigenvalue weighted by atomic mass is 10.2. The molecule has 1 nitrogen and oxygen atoms in total. The van der Waals surface area contributed by atoms with Gasteiger partial charge in [-0.2, -0.15) is 0 Å². The third-order valence-electron chi connectivity index (χ3n) is 1.83. The molecule has 0 saturated carbocycles. The summed E-state index contributed by atoms with van der Waals surface area (Å²) < 4.78 is 0. The molecule has 0 atom stereocenters. The van der Waals surface area contributed by atoms with Crippen LogP contribution in [0.5, 0.6) is 0 Å². The first-order chi connectivity index (χ1) is 5.06. The molecule has 0 amide bonds. The number of aliphatic hydroxyl groups is 1. The van der Waals surface area contributed by atoms with Crippen molar-refractivity contribution in [2.24, 2.45) is 0 Å². The lowest BCUT2D eigenvalue weighted by Crippen LogP contribution is -2.18. The van der Waals surface area contributed by atoms with Gasteiger partial charge in [0.2, 0.25) is 0 Å². The third-order valence-corrected chi connectivity index (χ3v) is 3.69. The van der Waals surface area contributed by atoms with E-state index in [4.69, 9.17) is 5.11 Å². The minimum Gasteiger partial charge on any atom is -0.396 e. The summed E-state index contributed by atoms with van der Waals surface area (Å²) in [4.78, 5) is 0. The van der Waals surface area contributed by atoms with E-state index < -0.39 is 8.07 Å². The van der Waals surface area contributed by atoms with Crippen LogP contribution in [0.4, 0.5) is 0 Å². The molecule has 0 aromatic rings. The Morgan fingerprint density at radius 2 is 1.45 bits per heavy atom. The van der Waals surface area contributed by atoms with Crippen molar-refractivity contribution in [3.8, 4) is 0 Å². The van der Waals surface area contributed by atoms with E-state index in [0.717, 1.165) is 6.42 Å². The van der Waals surface area contributed by atoms with Gasteiger partial charge in [0.25, 0.3) is 0 Å². The minimum atomic E-state index is -0.780. The van der Waals surface area contributed by atoms with E-state index in [2.05, 4.69) is 19.6 Å². The van der Waals surface area contributed by atoms with Gasteiger partial charge in [0.1, 0.15) is 0 Å². The van der Waals surface area contributed by atoms with Gasteiger partial charge in [0, 0.05) is 14.7 Å². The van der Waals surface area contributed by atoms with Crippen LogP contribution < -0.4 is 0 Å². The third kappa shape index (κ3) is 10.2. The Morgan fingerprint density at radius 1 is 0.909 bits per heavy atom. The molecule has 1 N–H and O–H groups in total. The number of aliphatic hydroxyl groups excluding tert-OH is 1. The van der Waals surface area contributed by atoms with Gasteiger partial charge < -0.3 is 5.11 Å². The summed E-state index contributed by atoms with van der Waals surface area (Å²) in [5.74, 6) is 0. The summed E-state index contributed by atoms with van der Waals surface area (Å²) in [6.07, 6.45) is 4.88. The fourth-order valence-electron chi connectivity index (χ4n) is 1.12. The molecule has 0 saturated heterocycles. The fraction of sp³-hybridized carbons (Fsp3) is 1.00. The van der Waals surface area contributed by atoms with Gasteiger partial charge in [-0.05, 0) is 6.42 Å². The van der Waals surface area contributed by atoms with Gasteiger partial charge in [-0.15, -0.1) is 0 Å². The molecule has 0 unspecified atom stereocenters. The second kappa shape index (κ2) is 5.78. The van der Waals surface area contributed by atoms with Crippen LogP contribution in [0.15, 0.2) is 0 Å². The Bertz CT molecular complexity index is 86.1. The maximum Gasteiger partial charge on any atom is 0.0442 e. The van der Waals surface area contributed by atoms with E-state index in [9.17, 15) is 0 Å². The SMILES string of the molecule is C[Si](C)(C)CCCCCCO. The van der Waals surface area contributed by atoms with Crippen LogP contribution in [0, 0.1) is 0 Å². The molecule has 0 aromatic carbocycles. The van der Waals surface area contributed by atoms with Gasteiger partial charge in [0.05, 0.1) is 0 Å². The monoisotopic (exact) mass is 174 g/mol. The Hall–Kier alpha value is 0.177. The van der Waals surface area contributed by atoms with Crippen LogP contribution in [0.2, 0.25) is 25.7 Å². The molecule has 0 aliphatic rings. The van der Waals surface area contributed by atoms with Crippen molar-refractivity contribution in [1.29, 1.82) is 0 Å². The Morgan fingerprint density at radius 3 is 1.91 bits per heavy atom. The molecule has 0 spiro atoms. The Balaban J connectivity index is 3.02.